The van der Waals surface area contributed by atoms with Gasteiger partial charge in [0, 0.05) is 17.5 Å². The summed E-state index contributed by atoms with van der Waals surface area (Å²) in [6.45, 7) is 3.89. The van der Waals surface area contributed by atoms with Gasteiger partial charge in [-0.1, -0.05) is 18.2 Å². The van der Waals surface area contributed by atoms with Gasteiger partial charge in [0.15, 0.2) is 0 Å². The molecule has 132 valence electrons. The minimum atomic E-state index is -3.97. The molecule has 0 fully saturated rings. The number of aryl methyl sites for hydroxylation is 2. The molecule has 1 heterocycles. The van der Waals surface area contributed by atoms with E-state index in [1.165, 1.54) is 24.4 Å². The minimum absolute atomic E-state index is 0.00101. The second-order valence-corrected chi connectivity index (χ2v) is 7.61. The molecule has 0 aliphatic carbocycles. The van der Waals surface area contributed by atoms with Crippen LogP contribution in [-0.4, -0.2) is 13.4 Å². The molecular formula is C19H16FN3O2S. The molecule has 26 heavy (non-hydrogen) atoms. The third-order valence-corrected chi connectivity index (χ3v) is 5.40. The van der Waals surface area contributed by atoms with Crippen LogP contribution < -0.4 is 4.72 Å². The zero-order valence-corrected chi connectivity index (χ0v) is 15.0. The van der Waals surface area contributed by atoms with Crippen molar-refractivity contribution in [3.8, 4) is 17.3 Å². The van der Waals surface area contributed by atoms with Crippen molar-refractivity contribution in [1.82, 2.24) is 4.98 Å². The highest BCUT2D eigenvalue weighted by Crippen LogP contribution is 2.29. The zero-order valence-electron chi connectivity index (χ0n) is 14.2. The van der Waals surface area contributed by atoms with Crippen LogP contribution in [0.5, 0.6) is 0 Å². The van der Waals surface area contributed by atoms with Gasteiger partial charge in [-0.3, -0.25) is 4.72 Å². The molecule has 2 N–H and O–H groups in total. The molecule has 0 amide bonds. The SMILES string of the molecule is Cc1cccc(C)c1-c1cc(S(=O)(=O)Nc2ccc(C#N)cc2F)c[nH]1. The maximum atomic E-state index is 14.0. The molecule has 0 unspecified atom stereocenters. The van der Waals surface area contributed by atoms with Crippen LogP contribution in [-0.2, 0) is 10.0 Å². The smallest absolute Gasteiger partial charge is 0.263 e. The molecule has 1 aromatic heterocycles. The largest absolute Gasteiger partial charge is 0.360 e. The van der Waals surface area contributed by atoms with E-state index in [1.54, 1.807) is 6.07 Å². The number of anilines is 1. The quantitative estimate of drug-likeness (QED) is 0.726. The highest BCUT2D eigenvalue weighted by Gasteiger charge is 2.19. The number of aromatic nitrogens is 1. The van der Waals surface area contributed by atoms with Crippen molar-refractivity contribution in [2.45, 2.75) is 18.7 Å². The first-order valence-electron chi connectivity index (χ1n) is 7.79. The fourth-order valence-electron chi connectivity index (χ4n) is 2.78. The van der Waals surface area contributed by atoms with E-state index in [4.69, 9.17) is 5.26 Å². The Hall–Kier alpha value is -3.11. The summed E-state index contributed by atoms with van der Waals surface area (Å²) in [4.78, 5) is 2.97. The molecule has 3 aromatic rings. The summed E-state index contributed by atoms with van der Waals surface area (Å²) in [5, 5.41) is 8.76. The lowest BCUT2D eigenvalue weighted by molar-refractivity contribution is 0.598. The summed E-state index contributed by atoms with van der Waals surface area (Å²) in [6.07, 6.45) is 1.37. The molecule has 5 nitrogen and oxygen atoms in total. The van der Waals surface area contributed by atoms with E-state index in [1.807, 2.05) is 32.0 Å². The van der Waals surface area contributed by atoms with Crippen LogP contribution >= 0.6 is 0 Å². The molecule has 0 spiro atoms. The van der Waals surface area contributed by atoms with Gasteiger partial charge < -0.3 is 4.98 Å². The van der Waals surface area contributed by atoms with Crippen molar-refractivity contribution < 1.29 is 12.8 Å². The van der Waals surface area contributed by atoms with Gasteiger partial charge >= 0.3 is 0 Å². The molecule has 0 saturated heterocycles. The van der Waals surface area contributed by atoms with Crippen LogP contribution in [0.3, 0.4) is 0 Å². The van der Waals surface area contributed by atoms with Crippen LogP contribution in [0.4, 0.5) is 10.1 Å². The Balaban J connectivity index is 1.95. The number of benzene rings is 2. The summed E-state index contributed by atoms with van der Waals surface area (Å²) in [7, 11) is -3.97. The number of hydrogen-bond acceptors (Lipinski definition) is 3. The normalized spacial score (nSPS) is 11.2. The summed E-state index contributed by atoms with van der Waals surface area (Å²) in [5.41, 5.74) is 3.53. The van der Waals surface area contributed by atoms with E-state index < -0.39 is 15.8 Å². The van der Waals surface area contributed by atoms with Gasteiger partial charge in [-0.25, -0.2) is 12.8 Å². The van der Waals surface area contributed by atoms with E-state index >= 15 is 0 Å². The van der Waals surface area contributed by atoms with E-state index in [-0.39, 0.29) is 16.1 Å². The number of sulfonamides is 1. The fraction of sp³-hybridized carbons (Fsp3) is 0.105. The van der Waals surface area contributed by atoms with Crippen molar-refractivity contribution in [1.29, 1.82) is 5.26 Å². The topological polar surface area (TPSA) is 85.8 Å². The number of hydrogen-bond donors (Lipinski definition) is 2. The highest BCUT2D eigenvalue weighted by atomic mass is 32.2. The fourth-order valence-corrected chi connectivity index (χ4v) is 3.84. The Bertz CT molecular complexity index is 1110. The molecule has 3 rings (SSSR count). The van der Waals surface area contributed by atoms with Gasteiger partial charge in [0.25, 0.3) is 10.0 Å². The molecule has 0 aliphatic heterocycles. The summed E-state index contributed by atoms with van der Waals surface area (Å²) in [6, 6.07) is 12.7. The Labute approximate surface area is 151 Å². The van der Waals surface area contributed by atoms with Crippen LogP contribution in [0.15, 0.2) is 53.6 Å². The van der Waals surface area contributed by atoms with Crippen LogP contribution in [0.25, 0.3) is 11.3 Å². The molecule has 7 heteroatoms. The van der Waals surface area contributed by atoms with Crippen LogP contribution in [0, 0.1) is 31.0 Å². The van der Waals surface area contributed by atoms with Crippen LogP contribution in [0.1, 0.15) is 16.7 Å². The molecule has 0 atom stereocenters. The number of nitrogens with one attached hydrogen (secondary N) is 2. The Morgan fingerprint density at radius 3 is 2.42 bits per heavy atom. The molecule has 0 bridgehead atoms. The first kappa shape index (κ1) is 17.7. The summed E-state index contributed by atoms with van der Waals surface area (Å²) < 4.78 is 41.3. The summed E-state index contributed by atoms with van der Waals surface area (Å²) in [5.74, 6) is -0.807. The van der Waals surface area contributed by atoms with Gasteiger partial charge in [0.05, 0.1) is 17.3 Å². The summed E-state index contributed by atoms with van der Waals surface area (Å²) >= 11 is 0. The van der Waals surface area contributed by atoms with E-state index in [9.17, 15) is 12.8 Å². The van der Waals surface area contributed by atoms with E-state index in [0.717, 1.165) is 22.8 Å². The predicted octanol–water partition coefficient (Wildman–Crippen LogP) is 4.11. The molecule has 0 radical (unpaired) electrons. The van der Waals surface area contributed by atoms with Gasteiger partial charge in [0.1, 0.15) is 10.7 Å². The van der Waals surface area contributed by atoms with Gasteiger partial charge in [-0.2, -0.15) is 5.26 Å². The molecular weight excluding hydrogens is 353 g/mol. The van der Waals surface area contributed by atoms with Crippen molar-refractivity contribution in [2.75, 3.05) is 4.72 Å². The number of nitrogens with zero attached hydrogens (tertiary/aromatic N) is 1. The zero-order chi connectivity index (χ0) is 18.9. The Kier molecular flexibility index (Phi) is 4.53. The standard InChI is InChI=1S/C19H16FN3O2S/c1-12-4-3-5-13(2)19(12)18-9-15(11-22-18)26(24,25)23-17-7-6-14(10-21)8-16(17)20/h3-9,11,22-23H,1-2H3. The number of rotatable bonds is 4. The molecule has 0 aliphatic rings. The second-order valence-electron chi connectivity index (χ2n) is 5.93. The number of halogens is 1. The second kappa shape index (κ2) is 6.65. The lowest BCUT2D eigenvalue weighted by Gasteiger charge is -2.08. The average Bonchev–Trinajstić information content (AvgIpc) is 3.07. The van der Waals surface area contributed by atoms with E-state index in [2.05, 4.69) is 9.71 Å². The molecule has 0 saturated carbocycles. The van der Waals surface area contributed by atoms with Crippen molar-refractivity contribution in [3.63, 3.8) is 0 Å². The predicted molar refractivity (Wildman–Crippen MR) is 97.6 cm³/mol. The number of H-pyrrole nitrogens is 1. The third kappa shape index (κ3) is 3.32. The minimum Gasteiger partial charge on any atom is -0.360 e. The van der Waals surface area contributed by atoms with Crippen molar-refractivity contribution in [3.05, 3.63) is 71.2 Å². The number of nitriles is 1. The van der Waals surface area contributed by atoms with Crippen LogP contribution in [0.2, 0.25) is 0 Å². The lowest BCUT2D eigenvalue weighted by atomic mass is 10.0. The molecule has 2 aromatic carbocycles. The lowest BCUT2D eigenvalue weighted by Crippen LogP contribution is -2.13. The Morgan fingerprint density at radius 1 is 1.12 bits per heavy atom. The Morgan fingerprint density at radius 2 is 1.81 bits per heavy atom. The maximum absolute atomic E-state index is 14.0. The van der Waals surface area contributed by atoms with E-state index in [0.29, 0.717) is 5.69 Å². The average molecular weight is 369 g/mol. The van der Waals surface area contributed by atoms with Crippen molar-refractivity contribution in [2.24, 2.45) is 0 Å². The first-order chi connectivity index (χ1) is 12.3. The maximum Gasteiger partial charge on any atom is 0.263 e. The van der Waals surface area contributed by atoms with Crippen molar-refractivity contribution >= 4 is 15.7 Å². The first-order valence-corrected chi connectivity index (χ1v) is 9.27. The monoisotopic (exact) mass is 369 g/mol. The van der Waals surface area contributed by atoms with Gasteiger partial charge in [-0.15, -0.1) is 0 Å². The van der Waals surface area contributed by atoms with Gasteiger partial charge in [-0.05, 0) is 49.2 Å². The third-order valence-electron chi connectivity index (χ3n) is 4.06. The highest BCUT2D eigenvalue weighted by molar-refractivity contribution is 7.92. The number of aromatic amines is 1. The van der Waals surface area contributed by atoms with Gasteiger partial charge in [0.2, 0.25) is 0 Å².